The smallest absolute Gasteiger partial charge is 0.145 e. The highest BCUT2D eigenvalue weighted by Crippen LogP contribution is 2.36. The molecule has 20 heavy (non-hydrogen) atoms. The van der Waals surface area contributed by atoms with E-state index in [2.05, 4.69) is 14.9 Å². The van der Waals surface area contributed by atoms with Crippen LogP contribution in [0.1, 0.15) is 24.6 Å². The summed E-state index contributed by atoms with van der Waals surface area (Å²) in [7, 11) is 3.31. The van der Waals surface area contributed by atoms with E-state index in [0.29, 0.717) is 6.04 Å². The van der Waals surface area contributed by atoms with Crippen LogP contribution >= 0.6 is 0 Å². The van der Waals surface area contributed by atoms with Crippen LogP contribution in [0.3, 0.4) is 0 Å². The summed E-state index contributed by atoms with van der Waals surface area (Å²) in [5.74, 6) is 1.57. The Morgan fingerprint density at radius 1 is 1.30 bits per heavy atom. The molecule has 2 aromatic rings. The Bertz CT molecular complexity index is 591. The predicted molar refractivity (Wildman–Crippen MR) is 77.4 cm³/mol. The second kappa shape index (κ2) is 5.45. The maximum Gasteiger partial charge on any atom is 0.145 e. The van der Waals surface area contributed by atoms with Crippen LogP contribution in [0.15, 0.2) is 30.7 Å². The number of nitrogens with one attached hydrogen (secondary N) is 1. The number of benzene rings is 1. The molecule has 1 saturated carbocycles. The Labute approximate surface area is 118 Å². The van der Waals surface area contributed by atoms with Gasteiger partial charge in [-0.05, 0) is 25.0 Å². The molecule has 0 atom stereocenters. The van der Waals surface area contributed by atoms with Crippen molar-refractivity contribution >= 4 is 5.69 Å². The van der Waals surface area contributed by atoms with Crippen LogP contribution in [0, 0.1) is 0 Å². The van der Waals surface area contributed by atoms with E-state index in [1.807, 2.05) is 30.7 Å². The van der Waals surface area contributed by atoms with Gasteiger partial charge in [-0.1, -0.05) is 0 Å². The van der Waals surface area contributed by atoms with Crippen LogP contribution < -0.4 is 14.8 Å². The average Bonchev–Trinajstić information content (AvgIpc) is 3.23. The van der Waals surface area contributed by atoms with Gasteiger partial charge in [-0.15, -0.1) is 0 Å². The molecule has 1 aromatic heterocycles. The fourth-order valence-corrected chi connectivity index (χ4v) is 2.28. The number of nitrogens with zero attached hydrogens (tertiary/aromatic N) is 2. The van der Waals surface area contributed by atoms with E-state index in [4.69, 9.17) is 9.47 Å². The summed E-state index contributed by atoms with van der Waals surface area (Å²) < 4.78 is 12.8. The second-order valence-corrected chi connectivity index (χ2v) is 4.94. The Morgan fingerprint density at radius 3 is 2.85 bits per heavy atom. The third-order valence-corrected chi connectivity index (χ3v) is 3.56. The third kappa shape index (κ3) is 2.57. The van der Waals surface area contributed by atoms with Gasteiger partial charge in [0, 0.05) is 18.3 Å². The first-order chi connectivity index (χ1) is 9.81. The molecule has 1 fully saturated rings. The quantitative estimate of drug-likeness (QED) is 0.879. The maximum absolute atomic E-state index is 5.38. The van der Waals surface area contributed by atoms with Crippen LogP contribution in [0.4, 0.5) is 5.69 Å². The van der Waals surface area contributed by atoms with Gasteiger partial charge in [0.05, 0.1) is 38.5 Å². The zero-order valence-corrected chi connectivity index (χ0v) is 11.8. The van der Waals surface area contributed by atoms with Gasteiger partial charge in [0.25, 0.3) is 0 Å². The topological polar surface area (TPSA) is 48.3 Å². The molecule has 1 heterocycles. The van der Waals surface area contributed by atoms with Crippen molar-refractivity contribution in [2.45, 2.75) is 25.4 Å². The summed E-state index contributed by atoms with van der Waals surface area (Å²) in [4.78, 5) is 4.24. The van der Waals surface area contributed by atoms with Gasteiger partial charge in [0.15, 0.2) is 0 Å². The SMILES string of the molecule is COc1ccc(NCc2cncn2C2CC2)c(OC)c1. The van der Waals surface area contributed by atoms with Gasteiger partial charge in [-0.2, -0.15) is 0 Å². The first-order valence-electron chi connectivity index (χ1n) is 6.78. The van der Waals surface area contributed by atoms with Crippen LogP contribution in [0.25, 0.3) is 0 Å². The van der Waals surface area contributed by atoms with E-state index in [1.165, 1.54) is 18.5 Å². The van der Waals surface area contributed by atoms with Gasteiger partial charge in [-0.3, -0.25) is 0 Å². The highest BCUT2D eigenvalue weighted by atomic mass is 16.5. The van der Waals surface area contributed by atoms with Crippen LogP contribution in [0.5, 0.6) is 11.5 Å². The molecule has 0 radical (unpaired) electrons. The first-order valence-corrected chi connectivity index (χ1v) is 6.78. The summed E-state index contributed by atoms with van der Waals surface area (Å²) in [5, 5.41) is 3.40. The zero-order chi connectivity index (χ0) is 13.9. The van der Waals surface area contributed by atoms with E-state index in [1.54, 1.807) is 14.2 Å². The zero-order valence-electron chi connectivity index (χ0n) is 11.8. The lowest BCUT2D eigenvalue weighted by Crippen LogP contribution is -2.06. The molecule has 0 bridgehead atoms. The Kier molecular flexibility index (Phi) is 3.50. The third-order valence-electron chi connectivity index (χ3n) is 3.56. The number of hydrogen-bond acceptors (Lipinski definition) is 4. The number of anilines is 1. The van der Waals surface area contributed by atoms with Crippen molar-refractivity contribution in [2.24, 2.45) is 0 Å². The molecule has 1 N–H and O–H groups in total. The van der Waals surface area contributed by atoms with Gasteiger partial charge in [0.2, 0.25) is 0 Å². The predicted octanol–water partition coefficient (Wildman–Crippen LogP) is 2.85. The maximum atomic E-state index is 5.38. The van der Waals surface area contributed by atoms with Crippen molar-refractivity contribution in [1.82, 2.24) is 9.55 Å². The highest BCUT2D eigenvalue weighted by molar-refractivity contribution is 5.59. The molecule has 0 aliphatic heterocycles. The molecule has 1 aliphatic carbocycles. The second-order valence-electron chi connectivity index (χ2n) is 4.94. The lowest BCUT2D eigenvalue weighted by molar-refractivity contribution is 0.395. The largest absolute Gasteiger partial charge is 0.497 e. The Morgan fingerprint density at radius 2 is 2.15 bits per heavy atom. The van der Waals surface area contributed by atoms with Crippen LogP contribution in [0.2, 0.25) is 0 Å². The summed E-state index contributed by atoms with van der Waals surface area (Å²) in [6.45, 7) is 0.735. The van der Waals surface area contributed by atoms with Crippen molar-refractivity contribution in [1.29, 1.82) is 0 Å². The molecule has 3 rings (SSSR count). The molecule has 1 aliphatic rings. The molecular weight excluding hydrogens is 254 g/mol. The minimum Gasteiger partial charge on any atom is -0.497 e. The molecule has 1 aromatic carbocycles. The van der Waals surface area contributed by atoms with Crippen LogP contribution in [-0.4, -0.2) is 23.8 Å². The summed E-state index contributed by atoms with van der Waals surface area (Å²) in [5.41, 5.74) is 2.15. The average molecular weight is 273 g/mol. The van der Waals surface area contributed by atoms with E-state index >= 15 is 0 Å². The fraction of sp³-hybridized carbons (Fsp3) is 0.400. The molecule has 0 spiro atoms. The number of hydrogen-bond donors (Lipinski definition) is 1. The minimum atomic E-state index is 0.645. The van der Waals surface area contributed by atoms with Crippen LogP contribution in [-0.2, 0) is 6.54 Å². The standard InChI is InChI=1S/C15H19N3O2/c1-19-13-5-6-14(15(7-13)20-2)17-9-12-8-16-10-18(12)11-3-4-11/h5-8,10-11,17H,3-4,9H2,1-2H3. The van der Waals surface area contributed by atoms with Crippen molar-refractivity contribution in [2.75, 3.05) is 19.5 Å². The Hall–Kier alpha value is -2.17. The normalized spacial score (nSPS) is 14.1. The lowest BCUT2D eigenvalue weighted by Gasteiger charge is -2.13. The number of imidazole rings is 1. The molecule has 106 valence electrons. The monoisotopic (exact) mass is 273 g/mol. The minimum absolute atomic E-state index is 0.645. The van der Waals surface area contributed by atoms with E-state index in [0.717, 1.165) is 23.7 Å². The van der Waals surface area contributed by atoms with Crippen molar-refractivity contribution in [3.8, 4) is 11.5 Å². The number of rotatable bonds is 6. The molecule has 0 saturated heterocycles. The number of ether oxygens (including phenoxy) is 2. The Balaban J connectivity index is 1.72. The summed E-state index contributed by atoms with van der Waals surface area (Å²) >= 11 is 0. The number of methoxy groups -OCH3 is 2. The summed E-state index contributed by atoms with van der Waals surface area (Å²) in [6.07, 6.45) is 6.35. The van der Waals surface area contributed by atoms with Crippen molar-refractivity contribution in [3.63, 3.8) is 0 Å². The van der Waals surface area contributed by atoms with Gasteiger partial charge in [-0.25, -0.2) is 4.98 Å². The van der Waals surface area contributed by atoms with E-state index in [9.17, 15) is 0 Å². The summed E-state index contributed by atoms with van der Waals surface area (Å²) in [6, 6.07) is 6.41. The molecule has 5 heteroatoms. The van der Waals surface area contributed by atoms with Gasteiger partial charge in [0.1, 0.15) is 11.5 Å². The molecule has 0 amide bonds. The fourth-order valence-electron chi connectivity index (χ4n) is 2.28. The van der Waals surface area contributed by atoms with Gasteiger partial charge < -0.3 is 19.4 Å². The highest BCUT2D eigenvalue weighted by Gasteiger charge is 2.25. The van der Waals surface area contributed by atoms with Crippen molar-refractivity contribution in [3.05, 3.63) is 36.4 Å². The first kappa shape index (κ1) is 12.8. The lowest BCUT2D eigenvalue weighted by atomic mass is 10.2. The van der Waals surface area contributed by atoms with Gasteiger partial charge >= 0.3 is 0 Å². The molecular formula is C15H19N3O2. The molecule has 5 nitrogen and oxygen atoms in total. The van der Waals surface area contributed by atoms with E-state index < -0.39 is 0 Å². The van der Waals surface area contributed by atoms with E-state index in [-0.39, 0.29) is 0 Å². The molecule has 0 unspecified atom stereocenters. The number of aromatic nitrogens is 2. The van der Waals surface area contributed by atoms with Crippen molar-refractivity contribution < 1.29 is 9.47 Å².